The number of amides is 2. The zero-order valence-corrected chi connectivity index (χ0v) is 23.5. The lowest BCUT2D eigenvalue weighted by atomic mass is 9.90. The number of anilines is 1. The van der Waals surface area contributed by atoms with Gasteiger partial charge >= 0.3 is 5.97 Å². The first-order valence-corrected chi connectivity index (χ1v) is 13.4. The number of hydrogen-bond acceptors (Lipinski definition) is 8. The highest BCUT2D eigenvalue weighted by Gasteiger charge is 2.36. The van der Waals surface area contributed by atoms with Crippen molar-refractivity contribution in [1.82, 2.24) is 9.80 Å². The van der Waals surface area contributed by atoms with Gasteiger partial charge in [-0.2, -0.15) is 0 Å². The number of esters is 1. The van der Waals surface area contributed by atoms with Crippen molar-refractivity contribution in [2.24, 2.45) is 4.99 Å². The molecule has 212 valence electrons. The summed E-state index contributed by atoms with van der Waals surface area (Å²) in [7, 11) is 5.70. The zero-order valence-electron chi connectivity index (χ0n) is 23.5. The third-order valence-electron chi connectivity index (χ3n) is 6.93. The normalized spacial score (nSPS) is 15.5. The maximum absolute atomic E-state index is 13.4. The SMILES string of the molecule is CCOC(=O)c1ccc2c(c1)NC(=O)C2C(=Nc1ccc(C(=O)N(C)CCN(C)C)cc1)c1ccc2c(c1)OCO2. The monoisotopic (exact) mass is 556 g/mol. The van der Waals surface area contributed by atoms with Gasteiger partial charge in [-0.15, -0.1) is 0 Å². The molecule has 1 unspecified atom stereocenters. The number of nitrogens with one attached hydrogen (secondary N) is 1. The maximum atomic E-state index is 13.4. The van der Waals surface area contributed by atoms with Crippen molar-refractivity contribution in [1.29, 1.82) is 0 Å². The summed E-state index contributed by atoms with van der Waals surface area (Å²) in [6, 6.07) is 17.4. The third kappa shape index (κ3) is 5.92. The number of hydrogen-bond donors (Lipinski definition) is 1. The highest BCUT2D eigenvalue weighted by atomic mass is 16.7. The van der Waals surface area contributed by atoms with Crippen LogP contribution in [0, 0.1) is 0 Å². The first kappa shape index (κ1) is 27.9. The van der Waals surface area contributed by atoms with Gasteiger partial charge in [-0.1, -0.05) is 6.07 Å². The van der Waals surface area contributed by atoms with Crippen LogP contribution in [0.5, 0.6) is 11.5 Å². The van der Waals surface area contributed by atoms with Crippen LogP contribution in [0.1, 0.15) is 44.7 Å². The van der Waals surface area contributed by atoms with Gasteiger partial charge in [0, 0.05) is 37.0 Å². The predicted molar refractivity (Wildman–Crippen MR) is 154 cm³/mol. The molecule has 41 heavy (non-hydrogen) atoms. The summed E-state index contributed by atoms with van der Waals surface area (Å²) in [6.07, 6.45) is 0. The second-order valence-electron chi connectivity index (χ2n) is 10.1. The number of likely N-dealkylation sites (N-methyl/N-ethyl adjacent to an activating group) is 2. The Morgan fingerprint density at radius 2 is 1.63 bits per heavy atom. The van der Waals surface area contributed by atoms with Crippen LogP contribution < -0.4 is 14.8 Å². The summed E-state index contributed by atoms with van der Waals surface area (Å²) >= 11 is 0. The molecule has 2 heterocycles. The number of carbonyl (C=O) groups is 3. The molecule has 1 atom stereocenters. The summed E-state index contributed by atoms with van der Waals surface area (Å²) in [4.78, 5) is 47.2. The van der Waals surface area contributed by atoms with E-state index in [0.29, 0.717) is 57.4 Å². The van der Waals surface area contributed by atoms with Crippen molar-refractivity contribution < 1.29 is 28.6 Å². The van der Waals surface area contributed by atoms with E-state index in [2.05, 4.69) is 5.32 Å². The topological polar surface area (TPSA) is 110 Å². The van der Waals surface area contributed by atoms with Gasteiger partial charge < -0.3 is 29.3 Å². The van der Waals surface area contributed by atoms with Gasteiger partial charge in [0.25, 0.3) is 5.91 Å². The number of carbonyl (C=O) groups excluding carboxylic acids is 3. The van der Waals surface area contributed by atoms with E-state index in [1.165, 1.54) is 0 Å². The second-order valence-corrected chi connectivity index (χ2v) is 10.1. The molecule has 2 amide bonds. The Morgan fingerprint density at radius 1 is 0.927 bits per heavy atom. The summed E-state index contributed by atoms with van der Waals surface area (Å²) in [5, 5.41) is 2.89. The standard InChI is InChI=1S/C31H32N4O6/c1-5-39-31(38)21-8-12-23-24(16-21)33-29(36)27(23)28(20-9-13-25-26(17-20)41-18-40-25)32-22-10-6-19(7-11-22)30(37)35(4)15-14-34(2)3/h6-13,16-17,27H,5,14-15,18H2,1-4H3,(H,33,36). The Bertz CT molecular complexity index is 1520. The highest BCUT2D eigenvalue weighted by Crippen LogP contribution is 2.39. The minimum absolute atomic E-state index is 0.0834. The second kappa shape index (κ2) is 11.8. The molecule has 0 bridgehead atoms. The van der Waals surface area contributed by atoms with E-state index in [-0.39, 0.29) is 25.2 Å². The van der Waals surface area contributed by atoms with E-state index < -0.39 is 11.9 Å². The van der Waals surface area contributed by atoms with Crippen molar-refractivity contribution in [3.05, 3.63) is 82.9 Å². The van der Waals surface area contributed by atoms with Crippen LogP contribution in [-0.2, 0) is 9.53 Å². The summed E-state index contributed by atoms with van der Waals surface area (Å²) in [5.74, 6) is -0.385. The zero-order chi connectivity index (χ0) is 29.1. The van der Waals surface area contributed by atoms with Crippen molar-refractivity contribution >= 4 is 34.9 Å². The lowest BCUT2D eigenvalue weighted by molar-refractivity contribution is -0.115. The Labute approximate surface area is 238 Å². The van der Waals surface area contributed by atoms with Gasteiger partial charge in [0.2, 0.25) is 12.7 Å². The molecule has 3 aromatic carbocycles. The van der Waals surface area contributed by atoms with Crippen LogP contribution in [-0.4, -0.2) is 80.9 Å². The molecule has 0 aromatic heterocycles. The molecular weight excluding hydrogens is 524 g/mol. The summed E-state index contributed by atoms with van der Waals surface area (Å²) < 4.78 is 16.2. The smallest absolute Gasteiger partial charge is 0.338 e. The molecule has 0 saturated carbocycles. The molecule has 0 fully saturated rings. The Hall–Kier alpha value is -4.70. The third-order valence-corrected chi connectivity index (χ3v) is 6.93. The molecule has 0 aliphatic carbocycles. The molecule has 1 N–H and O–H groups in total. The van der Waals surface area contributed by atoms with E-state index in [4.69, 9.17) is 19.2 Å². The van der Waals surface area contributed by atoms with Crippen molar-refractivity contribution in [3.8, 4) is 11.5 Å². The average molecular weight is 557 g/mol. The number of benzene rings is 3. The van der Waals surface area contributed by atoms with Crippen LogP contribution in [0.2, 0.25) is 0 Å². The molecule has 0 saturated heterocycles. The maximum Gasteiger partial charge on any atom is 0.338 e. The van der Waals surface area contributed by atoms with Gasteiger partial charge in [-0.05, 0) is 81.2 Å². The molecule has 10 nitrogen and oxygen atoms in total. The molecule has 3 aromatic rings. The number of fused-ring (bicyclic) bond motifs is 2. The lowest BCUT2D eigenvalue weighted by Crippen LogP contribution is -2.33. The summed E-state index contributed by atoms with van der Waals surface area (Å²) in [6.45, 7) is 3.47. The van der Waals surface area contributed by atoms with Crippen molar-refractivity contribution in [2.45, 2.75) is 12.8 Å². The van der Waals surface area contributed by atoms with Gasteiger partial charge in [0.15, 0.2) is 11.5 Å². The van der Waals surface area contributed by atoms with E-state index in [0.717, 1.165) is 6.54 Å². The van der Waals surface area contributed by atoms with E-state index in [1.54, 1.807) is 73.5 Å². The van der Waals surface area contributed by atoms with E-state index in [9.17, 15) is 14.4 Å². The average Bonchev–Trinajstić information content (AvgIpc) is 3.57. The fourth-order valence-electron chi connectivity index (χ4n) is 4.72. The van der Waals surface area contributed by atoms with Gasteiger partial charge in [-0.3, -0.25) is 14.6 Å². The highest BCUT2D eigenvalue weighted by molar-refractivity contribution is 6.24. The summed E-state index contributed by atoms with van der Waals surface area (Å²) in [5.41, 5.74) is 3.86. The first-order chi connectivity index (χ1) is 19.7. The first-order valence-electron chi connectivity index (χ1n) is 13.4. The van der Waals surface area contributed by atoms with Crippen LogP contribution in [0.4, 0.5) is 11.4 Å². The Kier molecular flexibility index (Phi) is 8.02. The van der Waals surface area contributed by atoms with Gasteiger partial charge in [-0.25, -0.2) is 4.79 Å². The lowest BCUT2D eigenvalue weighted by Gasteiger charge is -2.19. The fraction of sp³-hybridized carbons (Fsp3) is 0.290. The molecule has 0 spiro atoms. The number of aliphatic imine (C=N–C) groups is 1. The molecule has 0 radical (unpaired) electrons. The largest absolute Gasteiger partial charge is 0.462 e. The van der Waals surface area contributed by atoms with Crippen molar-refractivity contribution in [3.63, 3.8) is 0 Å². The minimum atomic E-state index is -0.750. The van der Waals surface area contributed by atoms with Crippen LogP contribution >= 0.6 is 0 Å². The van der Waals surface area contributed by atoms with Gasteiger partial charge in [0.05, 0.1) is 23.6 Å². The van der Waals surface area contributed by atoms with Crippen LogP contribution in [0.25, 0.3) is 0 Å². The fourth-order valence-corrected chi connectivity index (χ4v) is 4.72. The quantitative estimate of drug-likeness (QED) is 0.312. The molecule has 10 heteroatoms. The molecular formula is C31H32N4O6. The van der Waals surface area contributed by atoms with Gasteiger partial charge in [0.1, 0.15) is 5.92 Å². The minimum Gasteiger partial charge on any atom is -0.462 e. The molecule has 2 aliphatic rings. The molecule has 5 rings (SSSR count). The number of ether oxygens (including phenoxy) is 3. The Morgan fingerprint density at radius 3 is 2.37 bits per heavy atom. The number of rotatable bonds is 9. The predicted octanol–water partition coefficient (Wildman–Crippen LogP) is 4.08. The van der Waals surface area contributed by atoms with E-state index in [1.807, 2.05) is 25.1 Å². The number of nitrogens with zero attached hydrogens (tertiary/aromatic N) is 3. The Balaban J connectivity index is 1.51. The van der Waals surface area contributed by atoms with E-state index >= 15 is 0 Å². The van der Waals surface area contributed by atoms with Crippen molar-refractivity contribution in [2.75, 3.05) is 52.9 Å². The van der Waals surface area contributed by atoms with Crippen LogP contribution in [0.15, 0.2) is 65.7 Å². The molecule has 2 aliphatic heterocycles. The van der Waals surface area contributed by atoms with Crippen LogP contribution in [0.3, 0.4) is 0 Å².